The van der Waals surface area contributed by atoms with E-state index in [4.69, 9.17) is 11.6 Å². The summed E-state index contributed by atoms with van der Waals surface area (Å²) in [6.07, 6.45) is 0. The van der Waals surface area contributed by atoms with Crippen molar-refractivity contribution in [1.82, 2.24) is 0 Å². The van der Waals surface area contributed by atoms with Crippen LogP contribution in [-0.4, -0.2) is 14.2 Å². The zero-order valence-electron chi connectivity index (χ0n) is 7.42. The van der Waals surface area contributed by atoms with Crippen LogP contribution in [0.25, 0.3) is 0 Å². The first-order valence-corrected chi connectivity index (χ1v) is 6.73. The van der Waals surface area contributed by atoms with Crippen molar-refractivity contribution >= 4 is 43.2 Å². The number of hydrogen-bond acceptors (Lipinski definition) is 2. The molecule has 0 radical (unpaired) electrons. The fraction of sp³-hybridized carbons (Fsp3) is 0.250. The van der Waals surface area contributed by atoms with Crippen molar-refractivity contribution in [3.63, 3.8) is 0 Å². The van der Waals surface area contributed by atoms with Crippen molar-refractivity contribution in [2.45, 2.75) is 6.92 Å². The molecule has 0 aliphatic heterocycles. The van der Waals surface area contributed by atoms with Crippen LogP contribution in [0.15, 0.2) is 22.7 Å². The second kappa shape index (κ2) is 4.51. The molecule has 3 nitrogen and oxygen atoms in total. The third kappa shape index (κ3) is 2.87. The van der Waals surface area contributed by atoms with Crippen LogP contribution >= 0.6 is 27.5 Å². The Bertz CT molecular complexity index is 433. The standard InChI is InChI=1S/C8H9BrClNO2S/c1-2-14(12,13)11-7-5-3-4-6(10)8(7)9/h3-5,11H,2H2,1H3. The summed E-state index contributed by atoms with van der Waals surface area (Å²) >= 11 is 9.01. The van der Waals surface area contributed by atoms with Gasteiger partial charge in [-0.25, -0.2) is 8.42 Å². The molecule has 0 atom stereocenters. The average Bonchev–Trinajstić information content (AvgIpc) is 2.13. The molecule has 0 fully saturated rings. The third-order valence-electron chi connectivity index (χ3n) is 1.60. The van der Waals surface area contributed by atoms with E-state index in [9.17, 15) is 8.42 Å². The van der Waals surface area contributed by atoms with E-state index in [1.54, 1.807) is 25.1 Å². The molecule has 0 aromatic heterocycles. The first-order valence-electron chi connectivity index (χ1n) is 3.91. The minimum atomic E-state index is -3.25. The maximum absolute atomic E-state index is 11.3. The SMILES string of the molecule is CCS(=O)(=O)Nc1cccc(Cl)c1Br. The number of sulfonamides is 1. The van der Waals surface area contributed by atoms with Crippen molar-refractivity contribution in [2.24, 2.45) is 0 Å². The van der Waals surface area contributed by atoms with Gasteiger partial charge in [0.15, 0.2) is 0 Å². The van der Waals surface area contributed by atoms with Crippen molar-refractivity contribution in [3.05, 3.63) is 27.7 Å². The maximum atomic E-state index is 11.3. The van der Waals surface area contributed by atoms with E-state index in [-0.39, 0.29) is 5.75 Å². The summed E-state index contributed by atoms with van der Waals surface area (Å²) in [7, 11) is -3.25. The Morgan fingerprint density at radius 3 is 2.71 bits per heavy atom. The molecule has 0 bridgehead atoms. The summed E-state index contributed by atoms with van der Waals surface area (Å²) < 4.78 is 25.5. The van der Waals surface area contributed by atoms with Gasteiger partial charge in [0.05, 0.1) is 20.9 Å². The van der Waals surface area contributed by atoms with Gasteiger partial charge in [-0.3, -0.25) is 4.72 Å². The Morgan fingerprint density at radius 2 is 2.14 bits per heavy atom. The van der Waals surface area contributed by atoms with E-state index < -0.39 is 10.0 Å². The first-order chi connectivity index (χ1) is 6.46. The predicted octanol–water partition coefficient (Wildman–Crippen LogP) is 2.86. The van der Waals surface area contributed by atoms with E-state index in [2.05, 4.69) is 20.7 Å². The van der Waals surface area contributed by atoms with Gasteiger partial charge in [-0.2, -0.15) is 0 Å². The predicted molar refractivity (Wildman–Crippen MR) is 62.2 cm³/mol. The Labute approximate surface area is 96.6 Å². The number of nitrogens with one attached hydrogen (secondary N) is 1. The lowest BCUT2D eigenvalue weighted by molar-refractivity contribution is 0.602. The quantitative estimate of drug-likeness (QED) is 0.932. The Hall–Kier alpha value is -0.260. The molecule has 0 amide bonds. The van der Waals surface area contributed by atoms with Crippen LogP contribution in [0.4, 0.5) is 5.69 Å². The first kappa shape index (κ1) is 11.8. The molecule has 0 unspecified atom stereocenters. The van der Waals surface area contributed by atoms with Crippen molar-refractivity contribution in [3.8, 4) is 0 Å². The van der Waals surface area contributed by atoms with E-state index in [0.717, 1.165) is 0 Å². The molecule has 0 aliphatic carbocycles. The molecule has 1 aromatic rings. The van der Waals surface area contributed by atoms with Crippen LogP contribution in [0, 0.1) is 0 Å². The van der Waals surface area contributed by atoms with Gasteiger partial charge in [0.25, 0.3) is 0 Å². The van der Waals surface area contributed by atoms with Crippen molar-refractivity contribution in [2.75, 3.05) is 10.5 Å². The lowest BCUT2D eigenvalue weighted by Crippen LogP contribution is -2.14. The van der Waals surface area contributed by atoms with E-state index >= 15 is 0 Å². The highest BCUT2D eigenvalue weighted by atomic mass is 79.9. The van der Waals surface area contributed by atoms with E-state index in [0.29, 0.717) is 15.2 Å². The van der Waals surface area contributed by atoms with Gasteiger partial charge in [-0.05, 0) is 35.0 Å². The van der Waals surface area contributed by atoms with Crippen molar-refractivity contribution < 1.29 is 8.42 Å². The second-order valence-corrected chi connectivity index (χ2v) is 5.82. The fourth-order valence-electron chi connectivity index (χ4n) is 0.822. The molecule has 0 aliphatic rings. The van der Waals surface area contributed by atoms with E-state index in [1.165, 1.54) is 0 Å². The normalized spacial score (nSPS) is 11.4. The van der Waals surface area contributed by atoms with Crippen molar-refractivity contribution in [1.29, 1.82) is 0 Å². The highest BCUT2D eigenvalue weighted by Crippen LogP contribution is 2.30. The molecule has 0 spiro atoms. The van der Waals surface area contributed by atoms with Gasteiger partial charge < -0.3 is 0 Å². The van der Waals surface area contributed by atoms with Gasteiger partial charge in [0.1, 0.15) is 0 Å². The number of hydrogen-bond donors (Lipinski definition) is 1. The zero-order chi connectivity index (χ0) is 10.8. The largest absolute Gasteiger partial charge is 0.282 e. The number of halogens is 2. The topological polar surface area (TPSA) is 46.2 Å². The lowest BCUT2D eigenvalue weighted by Gasteiger charge is -2.08. The molecule has 1 aromatic carbocycles. The molecule has 1 rings (SSSR count). The summed E-state index contributed by atoms with van der Waals surface area (Å²) in [5.41, 5.74) is 0.458. The summed E-state index contributed by atoms with van der Waals surface area (Å²) in [5, 5.41) is 0.473. The van der Waals surface area contributed by atoms with Gasteiger partial charge in [-0.15, -0.1) is 0 Å². The Morgan fingerprint density at radius 1 is 1.50 bits per heavy atom. The third-order valence-corrected chi connectivity index (χ3v) is 4.29. The summed E-state index contributed by atoms with van der Waals surface area (Å²) in [5.74, 6) is 0.0337. The smallest absolute Gasteiger partial charge is 0.232 e. The Kier molecular flexibility index (Phi) is 3.80. The van der Waals surface area contributed by atoms with Gasteiger partial charge in [0.2, 0.25) is 10.0 Å². The molecule has 0 saturated heterocycles. The molecule has 1 N–H and O–H groups in total. The monoisotopic (exact) mass is 297 g/mol. The van der Waals surface area contributed by atoms with Crippen LogP contribution in [0.1, 0.15) is 6.92 Å². The summed E-state index contributed by atoms with van der Waals surface area (Å²) in [6, 6.07) is 5.00. The number of anilines is 1. The van der Waals surface area contributed by atoms with Crippen LogP contribution < -0.4 is 4.72 Å². The lowest BCUT2D eigenvalue weighted by atomic mass is 10.3. The minimum absolute atomic E-state index is 0.0337. The average molecular weight is 299 g/mol. The molecule has 0 heterocycles. The number of rotatable bonds is 3. The van der Waals surface area contributed by atoms with Gasteiger partial charge in [0, 0.05) is 0 Å². The van der Waals surface area contributed by atoms with Crippen LogP contribution in [0.5, 0.6) is 0 Å². The molecule has 6 heteroatoms. The van der Waals surface area contributed by atoms with Crippen LogP contribution in [-0.2, 0) is 10.0 Å². The Balaban J connectivity index is 3.05. The highest BCUT2D eigenvalue weighted by Gasteiger charge is 2.10. The second-order valence-electron chi connectivity index (χ2n) is 2.61. The molecule has 14 heavy (non-hydrogen) atoms. The number of benzene rings is 1. The van der Waals surface area contributed by atoms with Crippen LogP contribution in [0.3, 0.4) is 0 Å². The fourth-order valence-corrected chi connectivity index (χ4v) is 2.14. The maximum Gasteiger partial charge on any atom is 0.232 e. The molecule has 78 valence electrons. The van der Waals surface area contributed by atoms with E-state index in [1.807, 2.05) is 0 Å². The molecular weight excluding hydrogens is 290 g/mol. The van der Waals surface area contributed by atoms with Gasteiger partial charge >= 0.3 is 0 Å². The summed E-state index contributed by atoms with van der Waals surface area (Å²) in [6.45, 7) is 1.57. The molecule has 0 saturated carbocycles. The highest BCUT2D eigenvalue weighted by molar-refractivity contribution is 9.10. The molecular formula is C8H9BrClNO2S. The zero-order valence-corrected chi connectivity index (χ0v) is 10.6. The summed E-state index contributed by atoms with van der Waals surface area (Å²) in [4.78, 5) is 0. The minimum Gasteiger partial charge on any atom is -0.282 e. The van der Waals surface area contributed by atoms with Gasteiger partial charge in [-0.1, -0.05) is 17.7 Å². The van der Waals surface area contributed by atoms with Crippen LogP contribution in [0.2, 0.25) is 5.02 Å².